The van der Waals surface area contributed by atoms with Crippen molar-refractivity contribution in [3.63, 3.8) is 0 Å². The summed E-state index contributed by atoms with van der Waals surface area (Å²) in [4.78, 5) is 3.92. The van der Waals surface area contributed by atoms with Crippen LogP contribution in [0.2, 0.25) is 0 Å². The highest BCUT2D eigenvalue weighted by atomic mass is 19.1. The number of fused-ring (bicyclic) bond motifs is 1. The number of anilines is 1. The van der Waals surface area contributed by atoms with E-state index in [4.69, 9.17) is 10.2 Å². The van der Waals surface area contributed by atoms with E-state index in [1.54, 1.807) is 6.07 Å². The minimum atomic E-state index is -0.420. The highest BCUT2D eigenvalue weighted by molar-refractivity contribution is 5.78. The molecular weight excluding hydrogens is 195 g/mol. The molecule has 0 aliphatic rings. The van der Waals surface area contributed by atoms with Crippen LogP contribution < -0.4 is 5.73 Å². The fraction of sp³-hybridized carbons (Fsp3) is 0.364. The van der Waals surface area contributed by atoms with Crippen LogP contribution in [-0.2, 0) is 6.42 Å². The molecule has 0 saturated heterocycles. The van der Waals surface area contributed by atoms with Gasteiger partial charge in [-0.15, -0.1) is 0 Å². The van der Waals surface area contributed by atoms with Crippen LogP contribution in [-0.4, -0.2) is 4.98 Å². The summed E-state index contributed by atoms with van der Waals surface area (Å²) in [6, 6.07) is 3.07. The highest BCUT2D eigenvalue weighted by Gasteiger charge is 2.11. The molecule has 0 bridgehead atoms. The van der Waals surface area contributed by atoms with Crippen LogP contribution in [0, 0.1) is 5.82 Å². The van der Waals surface area contributed by atoms with Crippen LogP contribution in [0.15, 0.2) is 16.5 Å². The number of nitrogen functional groups attached to an aromatic ring is 1. The average molecular weight is 210 g/mol. The molecule has 2 rings (SSSR count). The third kappa shape index (κ3) is 2.09. The molecule has 4 heteroatoms. The SMILES string of the molecule is CC.CCc1ccc(F)c2oc(N)nc12. The van der Waals surface area contributed by atoms with Gasteiger partial charge >= 0.3 is 0 Å². The molecule has 1 aromatic heterocycles. The number of rotatable bonds is 1. The normalized spacial score (nSPS) is 9.87. The second-order valence-electron chi connectivity index (χ2n) is 2.79. The van der Waals surface area contributed by atoms with Gasteiger partial charge in [0.15, 0.2) is 11.4 Å². The van der Waals surface area contributed by atoms with Gasteiger partial charge in [0.25, 0.3) is 6.01 Å². The van der Waals surface area contributed by atoms with Gasteiger partial charge in [0.2, 0.25) is 0 Å². The Bertz CT molecular complexity index is 451. The Morgan fingerprint density at radius 3 is 2.67 bits per heavy atom. The minimum absolute atomic E-state index is 0.00907. The van der Waals surface area contributed by atoms with Gasteiger partial charge in [0.1, 0.15) is 5.52 Å². The molecule has 15 heavy (non-hydrogen) atoms. The molecule has 0 unspecified atom stereocenters. The number of hydrogen-bond donors (Lipinski definition) is 1. The fourth-order valence-corrected chi connectivity index (χ4v) is 1.33. The van der Waals surface area contributed by atoms with Gasteiger partial charge in [-0.1, -0.05) is 26.8 Å². The van der Waals surface area contributed by atoms with Crippen LogP contribution in [0.1, 0.15) is 26.3 Å². The Labute approximate surface area is 88.1 Å². The van der Waals surface area contributed by atoms with E-state index in [1.807, 2.05) is 20.8 Å². The third-order valence-corrected chi connectivity index (χ3v) is 1.98. The van der Waals surface area contributed by atoms with Crippen LogP contribution in [0.4, 0.5) is 10.4 Å². The molecule has 1 aromatic carbocycles. The molecular formula is C11H15FN2O. The van der Waals surface area contributed by atoms with Crippen molar-refractivity contribution in [1.29, 1.82) is 0 Å². The molecule has 0 aliphatic heterocycles. The van der Waals surface area contributed by atoms with Gasteiger partial charge in [0, 0.05) is 0 Å². The van der Waals surface area contributed by atoms with E-state index in [0.29, 0.717) is 5.52 Å². The Morgan fingerprint density at radius 2 is 2.07 bits per heavy atom. The quantitative estimate of drug-likeness (QED) is 0.786. The molecule has 2 N–H and O–H groups in total. The summed E-state index contributed by atoms with van der Waals surface area (Å²) in [6.45, 7) is 5.97. The van der Waals surface area contributed by atoms with E-state index in [1.165, 1.54) is 6.07 Å². The molecule has 0 amide bonds. The summed E-state index contributed by atoms with van der Waals surface area (Å²) in [6.07, 6.45) is 0.781. The third-order valence-electron chi connectivity index (χ3n) is 1.98. The van der Waals surface area contributed by atoms with Crippen LogP contribution in [0.25, 0.3) is 11.1 Å². The number of aryl methyl sites for hydroxylation is 1. The van der Waals surface area contributed by atoms with Gasteiger partial charge in [-0.05, 0) is 18.1 Å². The summed E-state index contributed by atoms with van der Waals surface area (Å²) in [5.41, 5.74) is 6.96. The molecule has 0 saturated carbocycles. The second kappa shape index (κ2) is 4.77. The Balaban J connectivity index is 0.000000531. The number of oxazole rings is 1. The molecule has 3 nitrogen and oxygen atoms in total. The topological polar surface area (TPSA) is 52.0 Å². The highest BCUT2D eigenvalue weighted by Crippen LogP contribution is 2.23. The predicted octanol–water partition coefficient (Wildman–Crippen LogP) is 3.14. The number of benzene rings is 1. The number of nitrogens with zero attached hydrogens (tertiary/aromatic N) is 1. The monoisotopic (exact) mass is 210 g/mol. The van der Waals surface area contributed by atoms with Crippen LogP contribution in [0.5, 0.6) is 0 Å². The maximum atomic E-state index is 13.1. The first-order valence-corrected chi connectivity index (χ1v) is 5.05. The largest absolute Gasteiger partial charge is 0.421 e. The molecule has 1 heterocycles. The van der Waals surface area contributed by atoms with Gasteiger partial charge < -0.3 is 10.2 Å². The molecule has 2 aromatic rings. The lowest BCUT2D eigenvalue weighted by molar-refractivity contribution is 0.567. The fourth-order valence-electron chi connectivity index (χ4n) is 1.33. The first kappa shape index (κ1) is 11.5. The van der Waals surface area contributed by atoms with E-state index in [-0.39, 0.29) is 11.6 Å². The first-order chi connectivity index (χ1) is 7.22. The van der Waals surface area contributed by atoms with Crippen LogP contribution >= 0.6 is 0 Å². The number of nitrogens with two attached hydrogens (primary N) is 1. The standard InChI is InChI=1S/C9H9FN2O.C2H6/c1-2-5-3-4-6(10)8-7(5)12-9(11)13-8;1-2/h3-4H,2H2,1H3,(H2,11,12);1-2H3. The Kier molecular flexibility index (Phi) is 3.66. The van der Waals surface area contributed by atoms with Crippen molar-refractivity contribution < 1.29 is 8.81 Å². The van der Waals surface area contributed by atoms with E-state index < -0.39 is 5.82 Å². The van der Waals surface area contributed by atoms with Gasteiger partial charge in [-0.25, -0.2) is 4.39 Å². The second-order valence-corrected chi connectivity index (χ2v) is 2.79. The molecule has 0 radical (unpaired) electrons. The minimum Gasteiger partial charge on any atom is -0.421 e. The molecule has 0 atom stereocenters. The van der Waals surface area contributed by atoms with Crippen molar-refractivity contribution in [1.82, 2.24) is 4.98 Å². The van der Waals surface area contributed by atoms with Crippen molar-refractivity contribution in [2.45, 2.75) is 27.2 Å². The lowest BCUT2D eigenvalue weighted by atomic mass is 10.1. The number of hydrogen-bond acceptors (Lipinski definition) is 3. The summed E-state index contributed by atoms with van der Waals surface area (Å²) in [7, 11) is 0. The summed E-state index contributed by atoms with van der Waals surface area (Å²) in [5.74, 6) is -0.420. The molecule has 0 aliphatic carbocycles. The van der Waals surface area contributed by atoms with Crippen molar-refractivity contribution in [3.05, 3.63) is 23.5 Å². The summed E-state index contributed by atoms with van der Waals surface area (Å²) < 4.78 is 18.1. The van der Waals surface area contributed by atoms with Crippen molar-refractivity contribution in [3.8, 4) is 0 Å². The maximum Gasteiger partial charge on any atom is 0.293 e. The summed E-state index contributed by atoms with van der Waals surface area (Å²) >= 11 is 0. The zero-order valence-corrected chi connectivity index (χ0v) is 9.17. The lowest BCUT2D eigenvalue weighted by Crippen LogP contribution is -1.85. The van der Waals surface area contributed by atoms with E-state index in [9.17, 15) is 4.39 Å². The van der Waals surface area contributed by atoms with E-state index >= 15 is 0 Å². The number of aromatic nitrogens is 1. The van der Waals surface area contributed by atoms with Crippen molar-refractivity contribution in [2.24, 2.45) is 0 Å². The number of halogens is 1. The Hall–Kier alpha value is -1.58. The van der Waals surface area contributed by atoms with Crippen molar-refractivity contribution >= 4 is 17.1 Å². The molecule has 0 fully saturated rings. The van der Waals surface area contributed by atoms with Crippen molar-refractivity contribution in [2.75, 3.05) is 5.73 Å². The van der Waals surface area contributed by atoms with Crippen LogP contribution in [0.3, 0.4) is 0 Å². The zero-order valence-electron chi connectivity index (χ0n) is 9.17. The van der Waals surface area contributed by atoms with Gasteiger partial charge in [-0.2, -0.15) is 4.98 Å². The van der Waals surface area contributed by atoms with Gasteiger partial charge in [0.05, 0.1) is 0 Å². The Morgan fingerprint density at radius 1 is 1.40 bits per heavy atom. The molecule has 0 spiro atoms. The van der Waals surface area contributed by atoms with E-state index in [2.05, 4.69) is 4.98 Å². The average Bonchev–Trinajstić information content (AvgIpc) is 2.64. The van der Waals surface area contributed by atoms with E-state index in [0.717, 1.165) is 12.0 Å². The maximum absolute atomic E-state index is 13.1. The van der Waals surface area contributed by atoms with Gasteiger partial charge in [-0.3, -0.25) is 0 Å². The molecule has 82 valence electrons. The smallest absolute Gasteiger partial charge is 0.293 e. The predicted molar refractivity (Wildman–Crippen MR) is 59.1 cm³/mol. The zero-order chi connectivity index (χ0) is 11.4. The lowest BCUT2D eigenvalue weighted by Gasteiger charge is -1.95. The first-order valence-electron chi connectivity index (χ1n) is 5.05. The summed E-state index contributed by atoms with van der Waals surface area (Å²) in [5, 5.41) is 0.